The Balaban J connectivity index is 1.56. The number of nitrogens with zero attached hydrogens (tertiary/aromatic N) is 1. The van der Waals surface area contributed by atoms with Crippen LogP contribution in [0.15, 0.2) is 72.8 Å². The monoisotopic (exact) mass is 421 g/mol. The van der Waals surface area contributed by atoms with Crippen LogP contribution in [0.5, 0.6) is 0 Å². The van der Waals surface area contributed by atoms with Crippen LogP contribution >= 0.6 is 11.6 Å². The average Bonchev–Trinajstić information content (AvgIpc) is 2.99. The number of benzene rings is 3. The summed E-state index contributed by atoms with van der Waals surface area (Å²) in [6, 6.07) is 19.6. The van der Waals surface area contributed by atoms with Crippen LogP contribution in [0.4, 0.5) is 15.8 Å². The molecule has 2 N–H and O–H groups in total. The summed E-state index contributed by atoms with van der Waals surface area (Å²) in [6.07, 6.45) is 0. The highest BCUT2D eigenvalue weighted by Gasteiger charge is 2.20. The van der Waals surface area contributed by atoms with Crippen molar-refractivity contribution in [2.24, 2.45) is 7.05 Å². The molecule has 0 radical (unpaired) electrons. The minimum atomic E-state index is -0.444. The van der Waals surface area contributed by atoms with Crippen molar-refractivity contribution in [2.45, 2.75) is 0 Å². The van der Waals surface area contributed by atoms with Gasteiger partial charge in [0.25, 0.3) is 11.8 Å². The van der Waals surface area contributed by atoms with Gasteiger partial charge in [-0.05, 0) is 42.5 Å². The summed E-state index contributed by atoms with van der Waals surface area (Å²) in [6.45, 7) is 0. The molecular formula is C23H17ClFN3O2. The molecule has 30 heavy (non-hydrogen) atoms. The lowest BCUT2D eigenvalue weighted by atomic mass is 10.1. The molecule has 0 aliphatic heterocycles. The molecule has 4 rings (SSSR count). The number of rotatable bonds is 4. The lowest BCUT2D eigenvalue weighted by Gasteiger charge is -2.10. The maximum absolute atomic E-state index is 13.3. The van der Waals surface area contributed by atoms with Crippen LogP contribution in [0.25, 0.3) is 10.9 Å². The molecule has 1 aromatic heterocycles. The Labute approximate surface area is 177 Å². The predicted octanol–water partition coefficient (Wildman–Crippen LogP) is 5.48. The molecule has 0 bridgehead atoms. The van der Waals surface area contributed by atoms with Gasteiger partial charge in [0.1, 0.15) is 11.5 Å². The van der Waals surface area contributed by atoms with Crippen molar-refractivity contribution in [3.8, 4) is 0 Å². The predicted molar refractivity (Wildman–Crippen MR) is 117 cm³/mol. The molecule has 4 aromatic rings. The number of para-hydroxylation sites is 1. The Bertz CT molecular complexity index is 1240. The zero-order valence-electron chi connectivity index (χ0n) is 15.9. The maximum atomic E-state index is 13.3. The fourth-order valence-corrected chi connectivity index (χ4v) is 3.67. The van der Waals surface area contributed by atoms with Gasteiger partial charge in [0.15, 0.2) is 0 Å². The van der Waals surface area contributed by atoms with Gasteiger partial charge in [0.05, 0.1) is 5.02 Å². The van der Waals surface area contributed by atoms with Gasteiger partial charge >= 0.3 is 0 Å². The number of halogens is 2. The molecule has 0 fully saturated rings. The summed E-state index contributed by atoms with van der Waals surface area (Å²) in [5.41, 5.74) is 2.27. The Morgan fingerprint density at radius 1 is 0.867 bits per heavy atom. The van der Waals surface area contributed by atoms with Gasteiger partial charge in [-0.3, -0.25) is 9.59 Å². The quantitative estimate of drug-likeness (QED) is 0.458. The molecule has 2 amide bonds. The standard InChI is InChI=1S/C23H17ClFN3O2/c1-28-19-11-3-2-10-18(19)20(24)21(28)23(30)27-16-8-4-6-14(12-16)22(29)26-17-9-5-7-15(25)13-17/h2-13H,1H3,(H,26,29)(H,27,30). The van der Waals surface area contributed by atoms with Crippen LogP contribution in [0, 0.1) is 5.82 Å². The normalized spacial score (nSPS) is 10.8. The zero-order valence-corrected chi connectivity index (χ0v) is 16.7. The molecule has 3 aromatic carbocycles. The van der Waals surface area contributed by atoms with Crippen LogP contribution in [0.1, 0.15) is 20.8 Å². The van der Waals surface area contributed by atoms with Crippen molar-refractivity contribution in [3.05, 3.63) is 94.9 Å². The number of carbonyl (C=O) groups is 2. The Morgan fingerprint density at radius 2 is 1.53 bits per heavy atom. The van der Waals surface area contributed by atoms with E-state index in [9.17, 15) is 14.0 Å². The van der Waals surface area contributed by atoms with Crippen molar-refractivity contribution in [1.29, 1.82) is 0 Å². The van der Waals surface area contributed by atoms with Crippen LogP contribution in [-0.4, -0.2) is 16.4 Å². The highest BCUT2D eigenvalue weighted by atomic mass is 35.5. The molecule has 0 aliphatic rings. The van der Waals surface area contributed by atoms with E-state index in [0.717, 1.165) is 10.9 Å². The van der Waals surface area contributed by atoms with E-state index in [1.165, 1.54) is 18.2 Å². The van der Waals surface area contributed by atoms with Crippen molar-refractivity contribution in [1.82, 2.24) is 4.57 Å². The second kappa shape index (κ2) is 8.00. The Morgan fingerprint density at radius 3 is 2.27 bits per heavy atom. The second-order valence-electron chi connectivity index (χ2n) is 6.74. The molecule has 0 aliphatic carbocycles. The fraction of sp³-hybridized carbons (Fsp3) is 0.0435. The molecular weight excluding hydrogens is 405 g/mol. The highest BCUT2D eigenvalue weighted by Crippen LogP contribution is 2.30. The van der Waals surface area contributed by atoms with Crippen LogP contribution < -0.4 is 10.6 Å². The van der Waals surface area contributed by atoms with Crippen LogP contribution in [0.3, 0.4) is 0 Å². The van der Waals surface area contributed by atoms with E-state index in [1.54, 1.807) is 41.9 Å². The van der Waals surface area contributed by atoms with Crippen LogP contribution in [0.2, 0.25) is 5.02 Å². The van der Waals surface area contributed by atoms with Crippen LogP contribution in [-0.2, 0) is 7.05 Å². The van der Waals surface area contributed by atoms with Gasteiger partial charge in [-0.25, -0.2) is 4.39 Å². The SMILES string of the molecule is Cn1c(C(=O)Nc2cccc(C(=O)Nc3cccc(F)c3)c2)c(Cl)c2ccccc21. The van der Waals surface area contributed by atoms with Gasteiger partial charge in [0.2, 0.25) is 0 Å². The minimum Gasteiger partial charge on any atom is -0.338 e. The van der Waals surface area contributed by atoms with E-state index in [4.69, 9.17) is 11.6 Å². The molecule has 7 heteroatoms. The molecule has 150 valence electrons. The molecule has 0 spiro atoms. The third-order valence-electron chi connectivity index (χ3n) is 4.73. The first kappa shape index (κ1) is 19.7. The summed E-state index contributed by atoms with van der Waals surface area (Å²) < 4.78 is 15.0. The summed E-state index contributed by atoms with van der Waals surface area (Å²) >= 11 is 6.43. The summed E-state index contributed by atoms with van der Waals surface area (Å²) in [5.74, 6) is -1.25. The summed E-state index contributed by atoms with van der Waals surface area (Å²) in [4.78, 5) is 25.4. The molecule has 0 unspecified atom stereocenters. The van der Waals surface area contributed by atoms with Gasteiger partial charge in [-0.1, -0.05) is 41.9 Å². The fourth-order valence-electron chi connectivity index (χ4n) is 3.30. The molecule has 0 saturated carbocycles. The largest absolute Gasteiger partial charge is 0.338 e. The Hall–Kier alpha value is -3.64. The number of hydrogen-bond donors (Lipinski definition) is 2. The first-order valence-corrected chi connectivity index (χ1v) is 9.53. The van der Waals surface area contributed by atoms with E-state index in [2.05, 4.69) is 10.6 Å². The van der Waals surface area contributed by atoms with E-state index >= 15 is 0 Å². The van der Waals surface area contributed by atoms with Crippen molar-refractivity contribution in [3.63, 3.8) is 0 Å². The second-order valence-corrected chi connectivity index (χ2v) is 7.12. The van der Waals surface area contributed by atoms with Gasteiger partial charge < -0.3 is 15.2 Å². The summed E-state index contributed by atoms with van der Waals surface area (Å²) in [5, 5.41) is 6.57. The molecule has 1 heterocycles. The smallest absolute Gasteiger partial charge is 0.273 e. The number of aryl methyl sites for hydroxylation is 1. The third kappa shape index (κ3) is 3.77. The Kier molecular flexibility index (Phi) is 5.25. The molecule has 0 saturated heterocycles. The van der Waals surface area contributed by atoms with E-state index < -0.39 is 11.7 Å². The minimum absolute atomic E-state index is 0.320. The van der Waals surface area contributed by atoms with Crippen molar-refractivity contribution < 1.29 is 14.0 Å². The first-order chi connectivity index (χ1) is 14.4. The number of aromatic nitrogens is 1. The first-order valence-electron chi connectivity index (χ1n) is 9.15. The molecule has 5 nitrogen and oxygen atoms in total. The zero-order chi connectivity index (χ0) is 21.3. The number of hydrogen-bond acceptors (Lipinski definition) is 2. The number of carbonyl (C=O) groups excluding carboxylic acids is 2. The van der Waals surface area contributed by atoms with Gasteiger partial charge in [-0.2, -0.15) is 0 Å². The summed E-state index contributed by atoms with van der Waals surface area (Å²) in [7, 11) is 1.77. The average molecular weight is 422 g/mol. The number of amides is 2. The van der Waals surface area contributed by atoms with Crippen molar-refractivity contribution >= 4 is 45.7 Å². The molecule has 0 atom stereocenters. The maximum Gasteiger partial charge on any atom is 0.273 e. The highest BCUT2D eigenvalue weighted by molar-refractivity contribution is 6.39. The van der Waals surface area contributed by atoms with Crippen molar-refractivity contribution in [2.75, 3.05) is 10.6 Å². The lowest BCUT2D eigenvalue weighted by molar-refractivity contribution is 0.101. The third-order valence-corrected chi connectivity index (χ3v) is 5.11. The van der Waals surface area contributed by atoms with E-state index in [0.29, 0.717) is 27.7 Å². The van der Waals surface area contributed by atoms with Gasteiger partial charge in [-0.15, -0.1) is 0 Å². The number of nitrogens with one attached hydrogen (secondary N) is 2. The lowest BCUT2D eigenvalue weighted by Crippen LogP contribution is -2.17. The van der Waals surface area contributed by atoms with E-state index in [-0.39, 0.29) is 5.91 Å². The number of anilines is 2. The van der Waals surface area contributed by atoms with Gasteiger partial charge in [0, 0.05) is 34.9 Å². The topological polar surface area (TPSA) is 63.1 Å². The van der Waals surface area contributed by atoms with E-state index in [1.807, 2.05) is 24.3 Å². The number of fused-ring (bicyclic) bond motifs is 1.